The van der Waals surface area contributed by atoms with E-state index in [1.165, 1.54) is 27.6 Å². The average Bonchev–Trinajstić information content (AvgIpc) is 2.73. The monoisotopic (exact) mass is 335 g/mol. The van der Waals surface area contributed by atoms with Crippen LogP contribution in [0.5, 0.6) is 0 Å². The van der Waals surface area contributed by atoms with Gasteiger partial charge in [-0.3, -0.25) is 0 Å². The summed E-state index contributed by atoms with van der Waals surface area (Å²) in [6, 6.07) is 36.0. The zero-order chi connectivity index (χ0) is 17.8. The van der Waals surface area contributed by atoms with Gasteiger partial charge in [0.05, 0.1) is 5.69 Å². The molecule has 0 heterocycles. The molecule has 0 unspecified atom stereocenters. The molecule has 0 saturated carbocycles. The molecule has 1 nitrogen and oxygen atoms in total. The molecule has 0 bridgehead atoms. The quantitative estimate of drug-likeness (QED) is 0.386. The molecule has 4 aromatic rings. The molecule has 0 aliphatic rings. The minimum Gasteiger partial charge on any atom is -0.316 e. The fourth-order valence-electron chi connectivity index (χ4n) is 3.26. The summed E-state index contributed by atoms with van der Waals surface area (Å²) < 4.78 is 0. The molecule has 0 aliphatic heterocycles. The van der Waals surface area contributed by atoms with E-state index >= 15 is 0 Å². The van der Waals surface area contributed by atoms with Gasteiger partial charge in [-0.1, -0.05) is 84.9 Å². The van der Waals surface area contributed by atoms with Crippen molar-refractivity contribution in [2.45, 2.75) is 6.92 Å². The van der Waals surface area contributed by atoms with Crippen molar-refractivity contribution in [2.75, 3.05) is 4.90 Å². The van der Waals surface area contributed by atoms with Gasteiger partial charge < -0.3 is 4.90 Å². The topological polar surface area (TPSA) is 3.24 Å². The Hall–Kier alpha value is -3.32. The van der Waals surface area contributed by atoms with Gasteiger partial charge in [-0.05, 0) is 41.6 Å². The summed E-state index contributed by atoms with van der Waals surface area (Å²) in [7, 11) is 0. The molecule has 26 heavy (non-hydrogen) atoms. The van der Waals surface area contributed by atoms with Crippen LogP contribution in [0.3, 0.4) is 0 Å². The number of benzene rings is 4. The largest absolute Gasteiger partial charge is 0.316 e. The molecular formula is C25H21N. The van der Waals surface area contributed by atoms with E-state index in [9.17, 15) is 0 Å². The second-order valence-electron chi connectivity index (χ2n) is 6.38. The molecule has 0 aromatic heterocycles. The lowest BCUT2D eigenvalue weighted by atomic mass is 10.1. The van der Waals surface area contributed by atoms with Gasteiger partial charge in [0, 0.05) is 17.3 Å². The Labute approximate surface area is 154 Å². The summed E-state index contributed by atoms with van der Waals surface area (Å²) >= 11 is 0. The minimum atomic E-state index is 1.15. The number of rotatable bonds is 4. The summed E-state index contributed by atoms with van der Waals surface area (Å²) in [6.45, 7) is 2.16. The zero-order valence-electron chi connectivity index (χ0n) is 14.8. The van der Waals surface area contributed by atoms with Crippen molar-refractivity contribution in [1.82, 2.24) is 0 Å². The van der Waals surface area contributed by atoms with E-state index in [-0.39, 0.29) is 0 Å². The first-order valence-corrected chi connectivity index (χ1v) is 8.89. The zero-order valence-corrected chi connectivity index (χ0v) is 14.8. The molecule has 0 spiro atoms. The van der Waals surface area contributed by atoms with E-state index in [1.807, 2.05) is 0 Å². The molecule has 0 N–H and O–H groups in total. The molecule has 1 heteroatoms. The number of anilines is 2. The minimum absolute atomic E-state index is 1.15. The number of fused-ring (bicyclic) bond motifs is 1. The third-order valence-electron chi connectivity index (χ3n) is 4.61. The maximum Gasteiger partial charge on any atom is 0.0534 e. The van der Waals surface area contributed by atoms with Gasteiger partial charge >= 0.3 is 0 Å². The fourth-order valence-corrected chi connectivity index (χ4v) is 3.26. The standard InChI is InChI=1S/C25H21N/c1-20(21-11-4-2-5-12-21)19-26(23-15-6-3-7-16-23)25-18-10-14-22-13-8-9-17-24(22)25/h2-19H,1H3. The third kappa shape index (κ3) is 3.25. The van der Waals surface area contributed by atoms with Gasteiger partial charge in [-0.15, -0.1) is 0 Å². The number of hydrogen-bond donors (Lipinski definition) is 0. The number of nitrogens with zero attached hydrogens (tertiary/aromatic N) is 1. The van der Waals surface area contributed by atoms with Crippen LogP contribution in [0.15, 0.2) is 109 Å². The van der Waals surface area contributed by atoms with Crippen molar-refractivity contribution >= 4 is 27.7 Å². The Bertz CT molecular complexity index is 1030. The molecule has 0 saturated heterocycles. The number of allylic oxidation sites excluding steroid dienone is 1. The second kappa shape index (κ2) is 7.28. The first-order valence-electron chi connectivity index (χ1n) is 8.89. The van der Waals surface area contributed by atoms with E-state index in [4.69, 9.17) is 0 Å². The first-order chi connectivity index (χ1) is 12.8. The van der Waals surface area contributed by atoms with Gasteiger partial charge in [0.2, 0.25) is 0 Å². The van der Waals surface area contributed by atoms with Crippen LogP contribution in [-0.4, -0.2) is 0 Å². The summed E-state index contributed by atoms with van der Waals surface area (Å²) in [6.07, 6.45) is 2.23. The molecule has 4 rings (SSSR count). The van der Waals surface area contributed by atoms with E-state index < -0.39 is 0 Å². The maximum absolute atomic E-state index is 2.28. The van der Waals surface area contributed by atoms with Crippen LogP contribution < -0.4 is 4.90 Å². The maximum atomic E-state index is 2.28. The van der Waals surface area contributed by atoms with Crippen LogP contribution in [0.4, 0.5) is 11.4 Å². The predicted molar refractivity (Wildman–Crippen MR) is 113 cm³/mol. The van der Waals surface area contributed by atoms with Gasteiger partial charge in [-0.2, -0.15) is 0 Å². The van der Waals surface area contributed by atoms with Crippen molar-refractivity contribution < 1.29 is 0 Å². The number of hydrogen-bond acceptors (Lipinski definition) is 1. The summed E-state index contributed by atoms with van der Waals surface area (Å²) in [5.74, 6) is 0. The van der Waals surface area contributed by atoms with Crippen LogP contribution >= 0.6 is 0 Å². The van der Waals surface area contributed by atoms with Crippen molar-refractivity contribution in [3.63, 3.8) is 0 Å². The molecule has 126 valence electrons. The second-order valence-corrected chi connectivity index (χ2v) is 6.38. The van der Waals surface area contributed by atoms with Crippen LogP contribution in [0.2, 0.25) is 0 Å². The van der Waals surface area contributed by atoms with Crippen molar-refractivity contribution in [2.24, 2.45) is 0 Å². The Kier molecular flexibility index (Phi) is 4.53. The Morgan fingerprint density at radius 3 is 2.04 bits per heavy atom. The predicted octanol–water partition coefficient (Wildman–Crippen LogP) is 7.04. The Morgan fingerprint density at radius 2 is 1.27 bits per heavy atom. The average molecular weight is 335 g/mol. The Balaban J connectivity index is 1.89. The van der Waals surface area contributed by atoms with Crippen molar-refractivity contribution in [3.05, 3.63) is 115 Å². The lowest BCUT2D eigenvalue weighted by molar-refractivity contribution is 1.29. The lowest BCUT2D eigenvalue weighted by Crippen LogP contribution is -2.09. The SMILES string of the molecule is CC(=CN(c1ccccc1)c1cccc2ccccc12)c1ccccc1. The van der Waals surface area contributed by atoms with Gasteiger partial charge in [-0.25, -0.2) is 0 Å². The molecule has 0 aliphatic carbocycles. The van der Waals surface area contributed by atoms with Gasteiger partial charge in [0.1, 0.15) is 0 Å². The summed E-state index contributed by atoms with van der Waals surface area (Å²) in [4.78, 5) is 2.28. The van der Waals surface area contributed by atoms with Crippen molar-refractivity contribution in [1.29, 1.82) is 0 Å². The molecule has 4 aromatic carbocycles. The van der Waals surface area contributed by atoms with Crippen LogP contribution in [-0.2, 0) is 0 Å². The molecule has 0 amide bonds. The fraction of sp³-hybridized carbons (Fsp3) is 0.0400. The van der Waals surface area contributed by atoms with E-state index in [2.05, 4.69) is 121 Å². The summed E-state index contributed by atoms with van der Waals surface area (Å²) in [5, 5.41) is 2.49. The van der Waals surface area contributed by atoms with Crippen LogP contribution in [0, 0.1) is 0 Å². The smallest absolute Gasteiger partial charge is 0.0534 e. The number of para-hydroxylation sites is 1. The van der Waals surface area contributed by atoms with Crippen molar-refractivity contribution in [3.8, 4) is 0 Å². The van der Waals surface area contributed by atoms with E-state index in [1.54, 1.807) is 0 Å². The highest BCUT2D eigenvalue weighted by molar-refractivity contribution is 5.97. The van der Waals surface area contributed by atoms with Gasteiger partial charge in [0.15, 0.2) is 0 Å². The van der Waals surface area contributed by atoms with Gasteiger partial charge in [0.25, 0.3) is 0 Å². The highest BCUT2D eigenvalue weighted by atomic mass is 15.1. The molecular weight excluding hydrogens is 314 g/mol. The molecule has 0 fully saturated rings. The van der Waals surface area contributed by atoms with E-state index in [0.717, 1.165) is 5.69 Å². The van der Waals surface area contributed by atoms with E-state index in [0.29, 0.717) is 0 Å². The highest BCUT2D eigenvalue weighted by Gasteiger charge is 2.11. The molecule has 0 radical (unpaired) electrons. The Morgan fingerprint density at radius 1 is 0.654 bits per heavy atom. The third-order valence-corrected chi connectivity index (χ3v) is 4.61. The highest BCUT2D eigenvalue weighted by Crippen LogP contribution is 2.33. The molecule has 0 atom stereocenters. The lowest BCUT2D eigenvalue weighted by Gasteiger charge is -2.24. The van der Waals surface area contributed by atoms with Crippen LogP contribution in [0.25, 0.3) is 16.3 Å². The summed E-state index contributed by atoms with van der Waals surface area (Å²) in [5.41, 5.74) is 4.79. The first kappa shape index (κ1) is 16.2. The van der Waals surface area contributed by atoms with Crippen LogP contribution in [0.1, 0.15) is 12.5 Å². The normalized spacial score (nSPS) is 11.5.